The Balaban J connectivity index is 2.09. The van der Waals surface area contributed by atoms with E-state index in [2.05, 4.69) is 20.6 Å². The Kier molecular flexibility index (Phi) is 8.96. The maximum atomic E-state index is 12.9. The normalized spacial score (nSPS) is 12.3. The third-order valence-electron chi connectivity index (χ3n) is 4.43. The van der Waals surface area contributed by atoms with Gasteiger partial charge in [-0.05, 0) is 30.5 Å². The summed E-state index contributed by atoms with van der Waals surface area (Å²) in [5.74, 6) is -1.72. The van der Waals surface area contributed by atoms with Crippen LogP contribution in [0, 0.1) is 0 Å². The number of nitrogens with one attached hydrogen (secondary N) is 2. The van der Waals surface area contributed by atoms with E-state index in [1.54, 1.807) is 12.1 Å². The summed E-state index contributed by atoms with van der Waals surface area (Å²) in [7, 11) is 0. The van der Waals surface area contributed by atoms with Gasteiger partial charge in [0.1, 0.15) is 12.1 Å². The zero-order valence-electron chi connectivity index (χ0n) is 17.0. The van der Waals surface area contributed by atoms with E-state index in [9.17, 15) is 14.4 Å². The molecule has 3 amide bonds. The average molecular weight is 425 g/mol. The smallest absolute Gasteiger partial charge is 0.253 e. The minimum absolute atomic E-state index is 0.0583. The minimum Gasteiger partial charge on any atom is -0.370 e. The van der Waals surface area contributed by atoms with Gasteiger partial charge in [0.2, 0.25) is 11.8 Å². The number of pyridine rings is 1. The van der Waals surface area contributed by atoms with Crippen LogP contribution in [0.15, 0.2) is 59.9 Å². The molecule has 0 spiro atoms. The van der Waals surface area contributed by atoms with Gasteiger partial charge in [-0.1, -0.05) is 30.3 Å². The summed E-state index contributed by atoms with van der Waals surface area (Å²) in [5, 5.41) is 5.32. The van der Waals surface area contributed by atoms with Gasteiger partial charge in [-0.2, -0.15) is 0 Å². The lowest BCUT2D eigenvalue weighted by molar-refractivity contribution is -0.128. The zero-order chi connectivity index (χ0) is 22.6. The largest absolute Gasteiger partial charge is 0.370 e. The van der Waals surface area contributed by atoms with Gasteiger partial charge in [0.25, 0.3) is 5.91 Å². The predicted octanol–water partition coefficient (Wildman–Crippen LogP) is -0.554. The van der Waals surface area contributed by atoms with Crippen molar-refractivity contribution in [2.45, 2.75) is 31.3 Å². The molecule has 164 valence electrons. The molecule has 0 aliphatic carbocycles. The molecule has 0 fully saturated rings. The number of nitrogens with two attached hydrogens (primary N) is 3. The monoisotopic (exact) mass is 425 g/mol. The molecule has 0 aliphatic rings. The summed E-state index contributed by atoms with van der Waals surface area (Å²) in [6.07, 6.45) is 3.86. The molecule has 0 radical (unpaired) electrons. The number of primary amides is 1. The molecule has 31 heavy (non-hydrogen) atoms. The van der Waals surface area contributed by atoms with Crippen molar-refractivity contribution < 1.29 is 14.4 Å². The van der Waals surface area contributed by atoms with Gasteiger partial charge < -0.3 is 27.8 Å². The van der Waals surface area contributed by atoms with Crippen molar-refractivity contribution in [2.24, 2.45) is 22.2 Å². The number of amides is 3. The van der Waals surface area contributed by atoms with Crippen molar-refractivity contribution in [1.29, 1.82) is 0 Å². The highest BCUT2D eigenvalue weighted by Gasteiger charge is 2.26. The Morgan fingerprint density at radius 3 is 2.32 bits per heavy atom. The highest BCUT2D eigenvalue weighted by Crippen LogP contribution is 2.06. The first kappa shape index (κ1) is 23.3. The Bertz CT molecular complexity index is 900. The standard InChI is InChI=1S/C21H27N7O3/c22-18(29)17(12-14-6-2-1-3-7-14)28-20(31)16(9-5-11-26-21(23)24)27-19(30)15-8-4-10-25-13-15/h1-4,6-8,10,13,16-17H,5,9,11-12H2,(H2,22,29)(H,27,30)(H,28,31)(H4,23,24,26)/t16-,17-/m0/s1. The number of hydrogen-bond acceptors (Lipinski definition) is 5. The molecule has 1 aromatic carbocycles. The van der Waals surface area contributed by atoms with Crippen molar-refractivity contribution in [1.82, 2.24) is 15.6 Å². The Morgan fingerprint density at radius 2 is 1.71 bits per heavy atom. The van der Waals surface area contributed by atoms with Crippen molar-refractivity contribution in [2.75, 3.05) is 6.54 Å². The van der Waals surface area contributed by atoms with Crippen LogP contribution in [0.1, 0.15) is 28.8 Å². The highest BCUT2D eigenvalue weighted by molar-refractivity contribution is 5.98. The molecule has 0 saturated carbocycles. The summed E-state index contributed by atoms with van der Waals surface area (Å²) in [6.45, 7) is 0.290. The Labute approximate surface area is 180 Å². The van der Waals surface area contributed by atoms with Crippen LogP contribution in [0.2, 0.25) is 0 Å². The van der Waals surface area contributed by atoms with Crippen molar-refractivity contribution in [3.8, 4) is 0 Å². The summed E-state index contributed by atoms with van der Waals surface area (Å²) in [6, 6.07) is 10.5. The minimum atomic E-state index is -0.926. The molecule has 0 aliphatic heterocycles. The van der Waals surface area contributed by atoms with Gasteiger partial charge in [0, 0.05) is 25.4 Å². The molecule has 2 atom stereocenters. The first-order valence-corrected chi connectivity index (χ1v) is 9.76. The van der Waals surface area contributed by atoms with E-state index >= 15 is 0 Å². The molecular weight excluding hydrogens is 398 g/mol. The van der Waals surface area contributed by atoms with Crippen LogP contribution < -0.4 is 27.8 Å². The van der Waals surface area contributed by atoms with Crippen LogP contribution in [-0.2, 0) is 16.0 Å². The fraction of sp³-hybridized carbons (Fsp3) is 0.286. The highest BCUT2D eigenvalue weighted by atomic mass is 16.2. The average Bonchev–Trinajstić information content (AvgIpc) is 2.76. The second-order valence-corrected chi connectivity index (χ2v) is 6.87. The maximum Gasteiger partial charge on any atom is 0.253 e. The lowest BCUT2D eigenvalue weighted by Gasteiger charge is -2.22. The van der Waals surface area contributed by atoms with E-state index in [1.165, 1.54) is 12.4 Å². The topological polar surface area (TPSA) is 179 Å². The van der Waals surface area contributed by atoms with Crippen molar-refractivity contribution in [3.05, 3.63) is 66.0 Å². The van der Waals surface area contributed by atoms with E-state index < -0.39 is 29.8 Å². The fourth-order valence-corrected chi connectivity index (χ4v) is 2.86. The Hall–Kier alpha value is -3.95. The van der Waals surface area contributed by atoms with Crippen LogP contribution >= 0.6 is 0 Å². The SMILES string of the molecule is NC(=O)[C@H](Cc1ccccc1)NC(=O)[C@H](CCCN=C(N)N)NC(=O)c1cccnc1. The van der Waals surface area contributed by atoms with Crippen LogP contribution in [0.4, 0.5) is 0 Å². The fourth-order valence-electron chi connectivity index (χ4n) is 2.86. The lowest BCUT2D eigenvalue weighted by Crippen LogP contribution is -2.53. The molecule has 0 bridgehead atoms. The van der Waals surface area contributed by atoms with Crippen LogP contribution in [-0.4, -0.2) is 47.3 Å². The second kappa shape index (κ2) is 11.9. The number of guanidine groups is 1. The predicted molar refractivity (Wildman–Crippen MR) is 117 cm³/mol. The quantitative estimate of drug-likeness (QED) is 0.183. The molecule has 10 nitrogen and oxygen atoms in total. The van der Waals surface area contributed by atoms with Crippen LogP contribution in [0.3, 0.4) is 0 Å². The van der Waals surface area contributed by atoms with Crippen LogP contribution in [0.5, 0.6) is 0 Å². The number of rotatable bonds is 11. The van der Waals surface area contributed by atoms with E-state index in [1.807, 2.05) is 30.3 Å². The number of aromatic nitrogens is 1. The van der Waals surface area contributed by atoms with E-state index in [0.717, 1.165) is 5.56 Å². The summed E-state index contributed by atoms with van der Waals surface area (Å²) in [5.41, 5.74) is 17.3. The number of aliphatic imine (C=N–C) groups is 1. The van der Waals surface area contributed by atoms with Gasteiger partial charge >= 0.3 is 0 Å². The van der Waals surface area contributed by atoms with Gasteiger partial charge in [-0.3, -0.25) is 24.4 Å². The van der Waals surface area contributed by atoms with E-state index in [0.29, 0.717) is 12.0 Å². The van der Waals surface area contributed by atoms with Crippen molar-refractivity contribution >= 4 is 23.7 Å². The van der Waals surface area contributed by atoms with E-state index in [4.69, 9.17) is 17.2 Å². The van der Waals surface area contributed by atoms with Crippen LogP contribution in [0.25, 0.3) is 0 Å². The number of hydrogen-bond donors (Lipinski definition) is 5. The van der Waals surface area contributed by atoms with Gasteiger partial charge in [0.15, 0.2) is 5.96 Å². The van der Waals surface area contributed by atoms with Gasteiger partial charge in [-0.15, -0.1) is 0 Å². The number of benzene rings is 1. The first-order valence-electron chi connectivity index (χ1n) is 9.76. The molecule has 2 aromatic rings. The third kappa shape index (κ3) is 8.13. The summed E-state index contributed by atoms with van der Waals surface area (Å²) >= 11 is 0. The number of carbonyl (C=O) groups excluding carboxylic acids is 3. The van der Waals surface area contributed by atoms with E-state index in [-0.39, 0.29) is 25.3 Å². The lowest BCUT2D eigenvalue weighted by atomic mass is 10.0. The summed E-state index contributed by atoms with van der Waals surface area (Å²) in [4.78, 5) is 45.1. The molecule has 2 rings (SSSR count). The first-order chi connectivity index (χ1) is 14.9. The molecule has 1 aromatic heterocycles. The molecular formula is C21H27N7O3. The van der Waals surface area contributed by atoms with Gasteiger partial charge in [0.05, 0.1) is 5.56 Å². The molecule has 8 N–H and O–H groups in total. The Morgan fingerprint density at radius 1 is 0.968 bits per heavy atom. The third-order valence-corrected chi connectivity index (χ3v) is 4.43. The molecule has 1 heterocycles. The molecule has 10 heteroatoms. The molecule has 0 unspecified atom stereocenters. The van der Waals surface area contributed by atoms with Crippen molar-refractivity contribution in [3.63, 3.8) is 0 Å². The maximum absolute atomic E-state index is 12.9. The molecule has 0 saturated heterocycles. The zero-order valence-corrected chi connectivity index (χ0v) is 17.0. The second-order valence-electron chi connectivity index (χ2n) is 6.87. The summed E-state index contributed by atoms with van der Waals surface area (Å²) < 4.78 is 0. The van der Waals surface area contributed by atoms with Gasteiger partial charge in [-0.25, -0.2) is 0 Å². The number of carbonyl (C=O) groups is 3. The number of nitrogens with zero attached hydrogens (tertiary/aromatic N) is 2.